The van der Waals surface area contributed by atoms with Crippen LogP contribution >= 0.6 is 11.3 Å². The number of hydrogen-bond donors (Lipinski definition) is 0. The van der Waals surface area contributed by atoms with Gasteiger partial charge in [-0.05, 0) is 70.1 Å². The standard InChI is InChI=1S/C19H26N2O2S/c1-4-15-12-18(24-14(15)2)19(22)21(13-17-6-5-11-23-17)16-7-9-20(3)10-8-16/h5-6,11-12,16H,4,7-10,13H2,1-3H3. The fourth-order valence-corrected chi connectivity index (χ4v) is 4.43. The summed E-state index contributed by atoms with van der Waals surface area (Å²) in [6.45, 7) is 6.87. The van der Waals surface area contributed by atoms with Gasteiger partial charge in [-0.3, -0.25) is 4.79 Å². The van der Waals surface area contributed by atoms with Crippen LogP contribution in [0.2, 0.25) is 0 Å². The number of rotatable bonds is 5. The van der Waals surface area contributed by atoms with Crippen LogP contribution in [0.25, 0.3) is 0 Å². The van der Waals surface area contributed by atoms with Crippen molar-refractivity contribution < 1.29 is 9.21 Å². The predicted octanol–water partition coefficient (Wildman–Crippen LogP) is 3.95. The minimum atomic E-state index is 0.147. The minimum absolute atomic E-state index is 0.147. The molecule has 0 unspecified atom stereocenters. The molecule has 0 aromatic carbocycles. The smallest absolute Gasteiger partial charge is 0.264 e. The molecule has 0 atom stereocenters. The van der Waals surface area contributed by atoms with Crippen molar-refractivity contribution in [1.82, 2.24) is 9.80 Å². The van der Waals surface area contributed by atoms with Crippen molar-refractivity contribution in [1.29, 1.82) is 0 Å². The zero-order valence-electron chi connectivity index (χ0n) is 14.7. The third-order valence-corrected chi connectivity index (χ3v) is 5.99. The van der Waals surface area contributed by atoms with Gasteiger partial charge in [0.25, 0.3) is 5.91 Å². The summed E-state index contributed by atoms with van der Waals surface area (Å²) >= 11 is 1.62. The Hall–Kier alpha value is -1.59. The number of nitrogens with zero attached hydrogens (tertiary/aromatic N) is 2. The van der Waals surface area contributed by atoms with Crippen molar-refractivity contribution in [2.45, 2.75) is 45.7 Å². The van der Waals surface area contributed by atoms with E-state index >= 15 is 0 Å². The largest absolute Gasteiger partial charge is 0.467 e. The van der Waals surface area contributed by atoms with Gasteiger partial charge in [0, 0.05) is 10.9 Å². The topological polar surface area (TPSA) is 36.7 Å². The summed E-state index contributed by atoms with van der Waals surface area (Å²) in [5.41, 5.74) is 1.28. The number of thiophene rings is 1. The first kappa shape index (κ1) is 17.2. The second kappa shape index (κ2) is 7.53. The van der Waals surface area contributed by atoms with Crippen LogP contribution in [0, 0.1) is 6.92 Å². The van der Waals surface area contributed by atoms with Crippen molar-refractivity contribution >= 4 is 17.2 Å². The highest BCUT2D eigenvalue weighted by Gasteiger charge is 2.29. The molecule has 1 fully saturated rings. The Morgan fingerprint density at radius 3 is 2.75 bits per heavy atom. The van der Waals surface area contributed by atoms with Crippen LogP contribution in [-0.4, -0.2) is 41.9 Å². The van der Waals surface area contributed by atoms with Crippen LogP contribution < -0.4 is 0 Å². The summed E-state index contributed by atoms with van der Waals surface area (Å²) < 4.78 is 5.51. The fourth-order valence-electron chi connectivity index (χ4n) is 3.36. The number of aryl methyl sites for hydroxylation is 2. The van der Waals surface area contributed by atoms with Crippen molar-refractivity contribution in [2.75, 3.05) is 20.1 Å². The van der Waals surface area contributed by atoms with Gasteiger partial charge in [-0.25, -0.2) is 0 Å². The first-order valence-electron chi connectivity index (χ1n) is 8.69. The van der Waals surface area contributed by atoms with Crippen molar-refractivity contribution in [3.05, 3.63) is 45.5 Å². The molecule has 0 N–H and O–H groups in total. The Bertz CT molecular complexity index is 670. The third kappa shape index (κ3) is 3.73. The fraction of sp³-hybridized carbons (Fsp3) is 0.526. The van der Waals surface area contributed by atoms with Crippen molar-refractivity contribution in [3.63, 3.8) is 0 Å². The number of carbonyl (C=O) groups is 1. The lowest BCUT2D eigenvalue weighted by Crippen LogP contribution is -2.46. The van der Waals surface area contributed by atoms with Gasteiger partial charge in [-0.1, -0.05) is 6.92 Å². The highest BCUT2D eigenvalue weighted by molar-refractivity contribution is 7.14. The van der Waals surface area contributed by atoms with Gasteiger partial charge in [-0.15, -0.1) is 11.3 Å². The number of piperidine rings is 1. The molecule has 0 radical (unpaired) electrons. The van der Waals surface area contributed by atoms with Crippen LogP contribution in [0.15, 0.2) is 28.9 Å². The average molecular weight is 346 g/mol. The first-order chi connectivity index (χ1) is 11.6. The van der Waals surface area contributed by atoms with E-state index in [0.717, 1.165) is 43.0 Å². The number of furan rings is 1. The molecule has 130 valence electrons. The van der Waals surface area contributed by atoms with Crippen molar-refractivity contribution in [3.8, 4) is 0 Å². The van der Waals surface area contributed by atoms with Gasteiger partial charge in [-0.2, -0.15) is 0 Å². The maximum Gasteiger partial charge on any atom is 0.264 e. The lowest BCUT2D eigenvalue weighted by Gasteiger charge is -2.36. The third-order valence-electron chi connectivity index (χ3n) is 4.91. The molecule has 2 aromatic heterocycles. The molecule has 1 aliphatic heterocycles. The Labute approximate surface area is 148 Å². The van der Waals surface area contributed by atoms with Gasteiger partial charge >= 0.3 is 0 Å². The maximum atomic E-state index is 13.2. The van der Waals surface area contributed by atoms with E-state index in [0.29, 0.717) is 6.54 Å². The predicted molar refractivity (Wildman–Crippen MR) is 97.5 cm³/mol. The van der Waals surface area contributed by atoms with E-state index in [-0.39, 0.29) is 11.9 Å². The maximum absolute atomic E-state index is 13.2. The molecule has 1 saturated heterocycles. The second-order valence-corrected chi connectivity index (χ2v) is 7.85. The van der Waals surface area contributed by atoms with Gasteiger partial charge < -0.3 is 14.2 Å². The Balaban J connectivity index is 1.83. The monoisotopic (exact) mass is 346 g/mol. The van der Waals surface area contributed by atoms with Crippen LogP contribution in [0.3, 0.4) is 0 Å². The normalized spacial score (nSPS) is 16.5. The second-order valence-electron chi connectivity index (χ2n) is 6.59. The van der Waals surface area contributed by atoms with E-state index in [1.165, 1.54) is 10.4 Å². The Morgan fingerprint density at radius 2 is 2.17 bits per heavy atom. The minimum Gasteiger partial charge on any atom is -0.467 e. The number of likely N-dealkylation sites (tertiary alicyclic amines) is 1. The summed E-state index contributed by atoms with van der Waals surface area (Å²) in [6.07, 6.45) is 4.70. The van der Waals surface area contributed by atoms with Gasteiger partial charge in [0.15, 0.2) is 0 Å². The Kier molecular flexibility index (Phi) is 5.41. The van der Waals surface area contributed by atoms with Crippen LogP contribution in [0.4, 0.5) is 0 Å². The molecule has 1 amide bonds. The van der Waals surface area contributed by atoms with E-state index in [1.54, 1.807) is 17.6 Å². The highest BCUT2D eigenvalue weighted by Crippen LogP contribution is 2.27. The van der Waals surface area contributed by atoms with Crippen molar-refractivity contribution in [2.24, 2.45) is 0 Å². The summed E-state index contributed by atoms with van der Waals surface area (Å²) in [6, 6.07) is 6.20. The molecule has 0 aliphatic carbocycles. The SMILES string of the molecule is CCc1cc(C(=O)N(Cc2ccco2)C2CCN(C)CC2)sc1C. The molecule has 3 rings (SSSR count). The van der Waals surface area contributed by atoms with Crippen LogP contribution in [0.5, 0.6) is 0 Å². The molecule has 0 saturated carbocycles. The van der Waals surface area contributed by atoms with E-state index in [4.69, 9.17) is 4.42 Å². The number of amides is 1. The molecule has 24 heavy (non-hydrogen) atoms. The number of carbonyl (C=O) groups excluding carboxylic acids is 1. The molecule has 2 aromatic rings. The summed E-state index contributed by atoms with van der Waals surface area (Å²) in [5.74, 6) is 1.00. The average Bonchev–Trinajstić information content (AvgIpc) is 3.22. The summed E-state index contributed by atoms with van der Waals surface area (Å²) in [7, 11) is 2.14. The van der Waals surface area contributed by atoms with Gasteiger partial charge in [0.2, 0.25) is 0 Å². The van der Waals surface area contributed by atoms with E-state index in [9.17, 15) is 4.79 Å². The zero-order valence-corrected chi connectivity index (χ0v) is 15.6. The molecule has 1 aliphatic rings. The Morgan fingerprint density at radius 1 is 1.42 bits per heavy atom. The lowest BCUT2D eigenvalue weighted by molar-refractivity contribution is 0.0555. The van der Waals surface area contributed by atoms with E-state index in [2.05, 4.69) is 31.9 Å². The summed E-state index contributed by atoms with van der Waals surface area (Å²) in [4.78, 5) is 19.7. The van der Waals surface area contributed by atoms with E-state index in [1.807, 2.05) is 17.0 Å². The zero-order chi connectivity index (χ0) is 17.1. The quantitative estimate of drug-likeness (QED) is 0.822. The van der Waals surface area contributed by atoms with Gasteiger partial charge in [0.05, 0.1) is 17.7 Å². The molecule has 0 bridgehead atoms. The first-order valence-corrected chi connectivity index (χ1v) is 9.51. The number of hydrogen-bond acceptors (Lipinski definition) is 4. The molecular formula is C19H26N2O2S. The van der Waals surface area contributed by atoms with Crippen LogP contribution in [-0.2, 0) is 13.0 Å². The van der Waals surface area contributed by atoms with Crippen LogP contribution in [0.1, 0.15) is 45.6 Å². The molecule has 3 heterocycles. The molecular weight excluding hydrogens is 320 g/mol. The highest BCUT2D eigenvalue weighted by atomic mass is 32.1. The molecule has 5 heteroatoms. The van der Waals surface area contributed by atoms with Gasteiger partial charge in [0.1, 0.15) is 5.76 Å². The van der Waals surface area contributed by atoms with E-state index < -0.39 is 0 Å². The molecule has 4 nitrogen and oxygen atoms in total. The lowest BCUT2D eigenvalue weighted by atomic mass is 10.0. The summed E-state index contributed by atoms with van der Waals surface area (Å²) in [5, 5.41) is 0. The molecule has 0 spiro atoms.